The molecule has 1 rings (SSSR count). The van der Waals surface area contributed by atoms with E-state index in [1.54, 1.807) is 19.1 Å². The van der Waals surface area contributed by atoms with Gasteiger partial charge in [-0.15, -0.1) is 0 Å². The number of anilines is 1. The van der Waals surface area contributed by atoms with Gasteiger partial charge in [-0.05, 0) is 31.2 Å². The number of primary amides is 1. The Hall–Kier alpha value is -1.56. The minimum Gasteiger partial charge on any atom is -0.374 e. The molecule has 1 aromatic rings. The molecule has 0 fully saturated rings. The fourth-order valence-corrected chi connectivity index (χ4v) is 1.75. The van der Waals surface area contributed by atoms with Crippen molar-refractivity contribution in [2.75, 3.05) is 11.6 Å². The first-order valence-electron chi connectivity index (χ1n) is 4.66. The molecule has 6 heteroatoms. The minimum absolute atomic E-state index is 0.241. The van der Waals surface area contributed by atoms with Crippen molar-refractivity contribution in [3.63, 3.8) is 0 Å². The van der Waals surface area contributed by atoms with Gasteiger partial charge in [0.05, 0.1) is 4.90 Å². The molecule has 0 bridgehead atoms. The first kappa shape index (κ1) is 12.5. The monoisotopic (exact) mass is 242 g/mol. The second kappa shape index (κ2) is 4.52. The fraction of sp³-hybridized carbons (Fsp3) is 0.300. The predicted octanol–water partition coefficient (Wildman–Crippen LogP) is 0.376. The molecular formula is C10H14N2O3S. The summed E-state index contributed by atoms with van der Waals surface area (Å²) in [6.45, 7) is 1.63. The number of hydrogen-bond acceptors (Lipinski definition) is 4. The minimum atomic E-state index is -3.18. The number of rotatable bonds is 4. The van der Waals surface area contributed by atoms with Crippen molar-refractivity contribution in [3.8, 4) is 0 Å². The highest BCUT2D eigenvalue weighted by Crippen LogP contribution is 2.14. The molecule has 0 aromatic heterocycles. The van der Waals surface area contributed by atoms with Crippen molar-refractivity contribution in [2.24, 2.45) is 5.73 Å². The Kier molecular flexibility index (Phi) is 3.54. The SMILES string of the molecule is CC(Nc1ccc(S(C)(=O)=O)cc1)C(N)=O. The number of nitrogens with two attached hydrogens (primary N) is 1. The van der Waals surface area contributed by atoms with Crippen LogP contribution < -0.4 is 11.1 Å². The van der Waals surface area contributed by atoms with E-state index in [0.717, 1.165) is 6.26 Å². The molecule has 3 N–H and O–H groups in total. The van der Waals surface area contributed by atoms with Gasteiger partial charge in [0.2, 0.25) is 5.91 Å². The van der Waals surface area contributed by atoms with Crippen LogP contribution in [0.1, 0.15) is 6.92 Å². The lowest BCUT2D eigenvalue weighted by atomic mass is 10.2. The van der Waals surface area contributed by atoms with E-state index in [1.165, 1.54) is 12.1 Å². The van der Waals surface area contributed by atoms with Gasteiger partial charge in [0.1, 0.15) is 6.04 Å². The molecule has 0 aliphatic heterocycles. The van der Waals surface area contributed by atoms with Crippen LogP contribution >= 0.6 is 0 Å². The summed E-state index contributed by atoms with van der Waals surface area (Å²) in [6.07, 6.45) is 1.14. The lowest BCUT2D eigenvalue weighted by Gasteiger charge is -2.11. The highest BCUT2D eigenvalue weighted by atomic mass is 32.2. The highest BCUT2D eigenvalue weighted by Gasteiger charge is 2.09. The summed E-state index contributed by atoms with van der Waals surface area (Å²) in [5.41, 5.74) is 5.74. The summed E-state index contributed by atoms with van der Waals surface area (Å²) in [5, 5.41) is 2.85. The van der Waals surface area contributed by atoms with Crippen LogP contribution in [0.3, 0.4) is 0 Å². The van der Waals surface area contributed by atoms with E-state index in [1.807, 2.05) is 0 Å². The number of carbonyl (C=O) groups is 1. The van der Waals surface area contributed by atoms with Crippen molar-refractivity contribution in [3.05, 3.63) is 24.3 Å². The molecule has 0 radical (unpaired) electrons. The van der Waals surface area contributed by atoms with Crippen LogP contribution in [-0.4, -0.2) is 26.6 Å². The molecular weight excluding hydrogens is 228 g/mol. The zero-order valence-corrected chi connectivity index (χ0v) is 9.91. The quantitative estimate of drug-likeness (QED) is 0.798. The van der Waals surface area contributed by atoms with Crippen molar-refractivity contribution >= 4 is 21.4 Å². The van der Waals surface area contributed by atoms with Crippen LogP contribution in [0.2, 0.25) is 0 Å². The maximum Gasteiger partial charge on any atom is 0.239 e. The molecule has 1 unspecified atom stereocenters. The molecule has 0 saturated carbocycles. The van der Waals surface area contributed by atoms with Crippen molar-refractivity contribution in [1.29, 1.82) is 0 Å². The molecule has 0 aliphatic carbocycles. The fourth-order valence-electron chi connectivity index (χ4n) is 1.12. The molecule has 5 nitrogen and oxygen atoms in total. The van der Waals surface area contributed by atoms with Crippen LogP contribution in [0, 0.1) is 0 Å². The van der Waals surface area contributed by atoms with Crippen LogP contribution in [0.5, 0.6) is 0 Å². The standard InChI is InChI=1S/C10H14N2O3S/c1-7(10(11)13)12-8-3-5-9(6-4-8)16(2,14)15/h3-7,12H,1-2H3,(H2,11,13). The van der Waals surface area contributed by atoms with E-state index in [2.05, 4.69) is 5.32 Å². The molecule has 88 valence electrons. The zero-order chi connectivity index (χ0) is 12.3. The maximum atomic E-state index is 11.2. The summed E-state index contributed by atoms with van der Waals surface area (Å²) in [4.78, 5) is 11.0. The second-order valence-corrected chi connectivity index (χ2v) is 5.58. The topological polar surface area (TPSA) is 89.3 Å². The van der Waals surface area contributed by atoms with E-state index < -0.39 is 21.8 Å². The Labute approximate surface area is 94.6 Å². The third-order valence-corrected chi connectivity index (χ3v) is 3.22. The predicted molar refractivity (Wildman–Crippen MR) is 61.8 cm³/mol. The highest BCUT2D eigenvalue weighted by molar-refractivity contribution is 7.90. The maximum absolute atomic E-state index is 11.2. The number of sulfone groups is 1. The third kappa shape index (κ3) is 3.23. The van der Waals surface area contributed by atoms with Gasteiger partial charge >= 0.3 is 0 Å². The average molecular weight is 242 g/mol. The summed E-state index contributed by atoms with van der Waals surface area (Å²) < 4.78 is 22.4. The summed E-state index contributed by atoms with van der Waals surface area (Å²) in [6, 6.07) is 5.65. The number of nitrogens with one attached hydrogen (secondary N) is 1. The van der Waals surface area contributed by atoms with Crippen LogP contribution in [-0.2, 0) is 14.6 Å². The first-order chi connectivity index (χ1) is 7.30. The first-order valence-corrected chi connectivity index (χ1v) is 6.56. The number of amides is 1. The Bertz CT molecular complexity index is 479. The van der Waals surface area contributed by atoms with Gasteiger partial charge < -0.3 is 11.1 Å². The van der Waals surface area contributed by atoms with Gasteiger partial charge in [-0.25, -0.2) is 8.42 Å². The molecule has 0 aliphatic rings. The molecule has 1 atom stereocenters. The Morgan fingerprint density at radius 1 is 1.31 bits per heavy atom. The van der Waals surface area contributed by atoms with Gasteiger partial charge in [0.25, 0.3) is 0 Å². The van der Waals surface area contributed by atoms with E-state index >= 15 is 0 Å². The van der Waals surface area contributed by atoms with Crippen molar-refractivity contribution in [1.82, 2.24) is 0 Å². The molecule has 0 spiro atoms. The lowest BCUT2D eigenvalue weighted by Crippen LogP contribution is -2.32. The Morgan fingerprint density at radius 3 is 2.19 bits per heavy atom. The van der Waals surface area contributed by atoms with E-state index in [-0.39, 0.29) is 4.90 Å². The largest absolute Gasteiger partial charge is 0.374 e. The number of carbonyl (C=O) groups excluding carboxylic acids is 1. The van der Waals surface area contributed by atoms with E-state index in [9.17, 15) is 13.2 Å². The number of benzene rings is 1. The molecule has 0 heterocycles. The zero-order valence-electron chi connectivity index (χ0n) is 9.10. The van der Waals surface area contributed by atoms with Crippen LogP contribution in [0.4, 0.5) is 5.69 Å². The van der Waals surface area contributed by atoms with E-state index in [4.69, 9.17) is 5.73 Å². The van der Waals surface area contributed by atoms with Gasteiger partial charge in [-0.2, -0.15) is 0 Å². The van der Waals surface area contributed by atoms with Gasteiger partial charge in [-0.3, -0.25) is 4.79 Å². The molecule has 16 heavy (non-hydrogen) atoms. The summed E-state index contributed by atoms with van der Waals surface area (Å²) in [5.74, 6) is -0.466. The van der Waals surface area contributed by atoms with Gasteiger partial charge in [-0.1, -0.05) is 0 Å². The molecule has 1 amide bonds. The molecule has 0 saturated heterocycles. The van der Waals surface area contributed by atoms with Gasteiger partial charge in [0, 0.05) is 11.9 Å². The Morgan fingerprint density at radius 2 is 1.81 bits per heavy atom. The normalized spacial score (nSPS) is 13.1. The average Bonchev–Trinajstić information content (AvgIpc) is 2.17. The van der Waals surface area contributed by atoms with Crippen molar-refractivity contribution in [2.45, 2.75) is 17.9 Å². The molecule has 1 aromatic carbocycles. The van der Waals surface area contributed by atoms with Crippen LogP contribution in [0.25, 0.3) is 0 Å². The van der Waals surface area contributed by atoms with E-state index in [0.29, 0.717) is 5.69 Å². The lowest BCUT2D eigenvalue weighted by molar-refractivity contribution is -0.118. The Balaban J connectivity index is 2.84. The third-order valence-electron chi connectivity index (χ3n) is 2.09. The number of hydrogen-bond donors (Lipinski definition) is 2. The summed E-state index contributed by atoms with van der Waals surface area (Å²) in [7, 11) is -3.18. The smallest absolute Gasteiger partial charge is 0.239 e. The van der Waals surface area contributed by atoms with Crippen molar-refractivity contribution < 1.29 is 13.2 Å². The van der Waals surface area contributed by atoms with Crippen LogP contribution in [0.15, 0.2) is 29.2 Å². The second-order valence-electron chi connectivity index (χ2n) is 3.56. The summed E-state index contributed by atoms with van der Waals surface area (Å²) >= 11 is 0. The van der Waals surface area contributed by atoms with Gasteiger partial charge in [0.15, 0.2) is 9.84 Å².